The van der Waals surface area contributed by atoms with E-state index in [4.69, 9.17) is 0 Å². The summed E-state index contributed by atoms with van der Waals surface area (Å²) >= 11 is 0. The van der Waals surface area contributed by atoms with Crippen LogP contribution in [-0.4, -0.2) is 19.0 Å². The molecule has 1 amide bonds. The molecule has 1 heterocycles. The molecule has 7 heteroatoms. The lowest BCUT2D eigenvalue weighted by Gasteiger charge is -2.10. The summed E-state index contributed by atoms with van der Waals surface area (Å²) in [5.41, 5.74) is 5.43. The highest BCUT2D eigenvalue weighted by Crippen LogP contribution is 2.32. The quantitative estimate of drug-likeness (QED) is 0.777. The van der Waals surface area contributed by atoms with Crippen molar-refractivity contribution in [3.05, 3.63) is 35.4 Å². The van der Waals surface area contributed by atoms with Crippen molar-refractivity contribution in [2.24, 2.45) is 10.9 Å². The Morgan fingerprint density at radius 1 is 1.35 bits per heavy atom. The number of nitrogens with zero attached hydrogens (tertiary/aromatic N) is 1. The Labute approximate surface area is 115 Å². The maximum atomic E-state index is 13.2. The van der Waals surface area contributed by atoms with Crippen LogP contribution in [0.3, 0.4) is 0 Å². The van der Waals surface area contributed by atoms with Gasteiger partial charge in [0.1, 0.15) is 17.5 Å². The minimum absolute atomic E-state index is 0.0310. The normalized spacial score (nSPS) is 21.3. The Kier molecular flexibility index (Phi) is 4.16. The molecule has 1 aromatic carbocycles. The van der Waals surface area contributed by atoms with Crippen molar-refractivity contribution in [3.8, 4) is 0 Å². The summed E-state index contributed by atoms with van der Waals surface area (Å²) in [5, 5.41) is 0. The molecule has 0 fully saturated rings. The van der Waals surface area contributed by atoms with Crippen LogP contribution in [0.15, 0.2) is 23.2 Å². The number of amides is 1. The van der Waals surface area contributed by atoms with Gasteiger partial charge >= 0.3 is 6.09 Å². The lowest BCUT2D eigenvalue weighted by Crippen LogP contribution is -2.42. The summed E-state index contributed by atoms with van der Waals surface area (Å²) in [7, 11) is 1.25. The molecule has 0 saturated heterocycles. The summed E-state index contributed by atoms with van der Waals surface area (Å²) in [4.78, 5) is 15.3. The molecule has 0 spiro atoms. The molecule has 0 radical (unpaired) electrons. The number of methoxy groups -OCH3 is 1. The number of benzene rings is 1. The zero-order valence-electron chi connectivity index (χ0n) is 11.1. The fourth-order valence-electron chi connectivity index (χ4n) is 2.09. The summed E-state index contributed by atoms with van der Waals surface area (Å²) in [6.07, 6.45) is -0.0335. The molecule has 20 heavy (non-hydrogen) atoms. The molecule has 108 valence electrons. The molecule has 1 aromatic rings. The van der Waals surface area contributed by atoms with E-state index in [1.165, 1.54) is 19.2 Å². The number of hydrogen-bond donors (Lipinski definition) is 2. The lowest BCUT2D eigenvalue weighted by molar-refractivity contribution is 0.168. The fraction of sp³-hybridized carbons (Fsp3) is 0.385. The number of rotatable bonds is 1. The minimum Gasteiger partial charge on any atom is -0.452 e. The maximum Gasteiger partial charge on any atom is 0.425 e. The standard InChI is InChI=1S/C13H15F2N3O2/c1-7-3-11(8-4-9(14)6-10(15)5-8)16-12(7)17-18-13(19)20-2/h4-7,11H,3H2,1-2H3,(H,16,17)(H,18,19). The van der Waals surface area contributed by atoms with Crippen LogP contribution in [0.25, 0.3) is 0 Å². The minimum atomic E-state index is -0.639. The summed E-state index contributed by atoms with van der Waals surface area (Å²) in [6, 6.07) is 3.02. The van der Waals surface area contributed by atoms with Crippen molar-refractivity contribution in [1.82, 2.24) is 10.9 Å². The first-order valence-electron chi connectivity index (χ1n) is 6.13. The monoisotopic (exact) mass is 283 g/mol. The Balaban J connectivity index is 2.11. The zero-order valence-corrected chi connectivity index (χ0v) is 11.1. The number of aliphatic imine (C=N–C) groups is 1. The zero-order chi connectivity index (χ0) is 14.7. The van der Waals surface area contributed by atoms with E-state index in [-0.39, 0.29) is 12.0 Å². The van der Waals surface area contributed by atoms with E-state index in [0.29, 0.717) is 17.8 Å². The van der Waals surface area contributed by atoms with Crippen molar-refractivity contribution in [2.75, 3.05) is 7.11 Å². The van der Waals surface area contributed by atoms with Crippen molar-refractivity contribution in [1.29, 1.82) is 0 Å². The first kappa shape index (κ1) is 14.2. The number of carbonyl (C=O) groups is 1. The summed E-state index contributed by atoms with van der Waals surface area (Å²) in [6.45, 7) is 1.90. The largest absolute Gasteiger partial charge is 0.452 e. The van der Waals surface area contributed by atoms with Crippen LogP contribution in [0.2, 0.25) is 0 Å². The van der Waals surface area contributed by atoms with Crippen molar-refractivity contribution in [2.45, 2.75) is 19.4 Å². The molecule has 2 atom stereocenters. The van der Waals surface area contributed by atoms with Crippen molar-refractivity contribution >= 4 is 11.9 Å². The second-order valence-electron chi connectivity index (χ2n) is 4.61. The van der Waals surface area contributed by atoms with E-state index in [9.17, 15) is 13.6 Å². The van der Waals surface area contributed by atoms with Gasteiger partial charge in [-0.3, -0.25) is 10.4 Å². The number of hydrogen-bond acceptors (Lipinski definition) is 4. The first-order chi connectivity index (χ1) is 9.49. The third-order valence-electron chi connectivity index (χ3n) is 3.09. The van der Waals surface area contributed by atoms with E-state index in [2.05, 4.69) is 20.6 Å². The average Bonchev–Trinajstić information content (AvgIpc) is 2.76. The first-order valence-corrected chi connectivity index (χ1v) is 6.13. The SMILES string of the molecule is COC(=O)NNC1=NC(c2cc(F)cc(F)c2)CC1C. The van der Waals surface area contributed by atoms with Gasteiger partial charge in [0.25, 0.3) is 0 Å². The van der Waals surface area contributed by atoms with Gasteiger partial charge in [-0.1, -0.05) is 6.92 Å². The molecule has 0 aliphatic carbocycles. The van der Waals surface area contributed by atoms with E-state index in [0.717, 1.165) is 6.07 Å². The molecular formula is C13H15F2N3O2. The summed E-state index contributed by atoms with van der Waals surface area (Å²) in [5.74, 6) is -0.678. The molecule has 2 rings (SSSR count). The van der Waals surface area contributed by atoms with Gasteiger partial charge in [-0.2, -0.15) is 0 Å². The fourth-order valence-corrected chi connectivity index (χ4v) is 2.09. The number of hydrazine groups is 1. The molecule has 2 unspecified atom stereocenters. The highest BCUT2D eigenvalue weighted by atomic mass is 19.1. The number of ether oxygens (including phenoxy) is 1. The van der Waals surface area contributed by atoms with Gasteiger partial charge in [-0.25, -0.2) is 19.0 Å². The van der Waals surface area contributed by atoms with Crippen LogP contribution in [-0.2, 0) is 4.74 Å². The Bertz CT molecular complexity index is 528. The van der Waals surface area contributed by atoms with Crippen LogP contribution in [0, 0.1) is 17.6 Å². The second kappa shape index (κ2) is 5.85. The molecule has 5 nitrogen and oxygen atoms in total. The summed E-state index contributed by atoms with van der Waals surface area (Å²) < 4.78 is 30.8. The van der Waals surface area contributed by atoms with E-state index in [1.807, 2.05) is 6.92 Å². The third kappa shape index (κ3) is 3.23. The highest BCUT2D eigenvalue weighted by Gasteiger charge is 2.27. The topological polar surface area (TPSA) is 62.7 Å². The molecule has 0 bridgehead atoms. The van der Waals surface area contributed by atoms with E-state index < -0.39 is 17.7 Å². The molecule has 1 aliphatic rings. The maximum absolute atomic E-state index is 13.2. The van der Waals surface area contributed by atoms with E-state index >= 15 is 0 Å². The number of halogens is 2. The van der Waals surface area contributed by atoms with Gasteiger partial charge in [0.15, 0.2) is 0 Å². The molecule has 0 aromatic heterocycles. The van der Waals surface area contributed by atoms with Gasteiger partial charge in [0, 0.05) is 12.0 Å². The molecule has 1 aliphatic heterocycles. The Morgan fingerprint density at radius 3 is 2.60 bits per heavy atom. The molecule has 2 N–H and O–H groups in total. The van der Waals surface area contributed by atoms with Crippen molar-refractivity contribution < 1.29 is 18.3 Å². The number of nitrogens with one attached hydrogen (secondary N) is 2. The van der Waals surface area contributed by atoms with Gasteiger partial charge in [0.05, 0.1) is 13.2 Å². The Morgan fingerprint density at radius 2 is 2.00 bits per heavy atom. The van der Waals surface area contributed by atoms with Crippen LogP contribution in [0.4, 0.5) is 13.6 Å². The second-order valence-corrected chi connectivity index (χ2v) is 4.61. The van der Waals surface area contributed by atoms with Gasteiger partial charge in [-0.15, -0.1) is 0 Å². The molecular weight excluding hydrogens is 268 g/mol. The van der Waals surface area contributed by atoms with Gasteiger partial charge in [0.2, 0.25) is 0 Å². The van der Waals surface area contributed by atoms with Gasteiger partial charge < -0.3 is 4.74 Å². The number of carbonyl (C=O) groups excluding carboxylic acids is 1. The number of amidine groups is 1. The highest BCUT2D eigenvalue weighted by molar-refractivity contribution is 5.87. The van der Waals surface area contributed by atoms with Gasteiger partial charge in [-0.05, 0) is 24.1 Å². The predicted molar refractivity (Wildman–Crippen MR) is 69.0 cm³/mol. The van der Waals surface area contributed by atoms with Crippen LogP contribution >= 0.6 is 0 Å². The van der Waals surface area contributed by atoms with E-state index in [1.54, 1.807) is 0 Å². The van der Waals surface area contributed by atoms with Crippen LogP contribution in [0.1, 0.15) is 24.9 Å². The molecule has 0 saturated carbocycles. The smallest absolute Gasteiger partial charge is 0.425 e. The average molecular weight is 283 g/mol. The lowest BCUT2D eigenvalue weighted by atomic mass is 9.99. The Hall–Kier alpha value is -2.18. The van der Waals surface area contributed by atoms with Crippen molar-refractivity contribution in [3.63, 3.8) is 0 Å². The van der Waals surface area contributed by atoms with Crippen LogP contribution in [0.5, 0.6) is 0 Å². The third-order valence-corrected chi connectivity index (χ3v) is 3.09. The van der Waals surface area contributed by atoms with Crippen LogP contribution < -0.4 is 10.9 Å². The predicted octanol–water partition coefficient (Wildman–Crippen LogP) is 2.30.